The van der Waals surface area contributed by atoms with E-state index in [1.165, 1.54) is 102 Å². The van der Waals surface area contributed by atoms with Gasteiger partial charge in [-0.25, -0.2) is 0 Å². The molecule has 0 amide bonds. The first-order chi connectivity index (χ1) is 29.5. The maximum atomic E-state index is 2.55. The molecule has 0 saturated carbocycles. The van der Waals surface area contributed by atoms with Crippen molar-refractivity contribution in [2.45, 2.75) is 70.6 Å². The molecule has 0 N–H and O–H groups in total. The molecule has 0 radical (unpaired) electrons. The summed E-state index contributed by atoms with van der Waals surface area (Å²) >= 11 is 0. The van der Waals surface area contributed by atoms with Gasteiger partial charge in [-0.1, -0.05) is 175 Å². The highest BCUT2D eigenvalue weighted by atomic mass is 15.2. The average Bonchev–Trinajstić information content (AvgIpc) is 3.74. The van der Waals surface area contributed by atoms with Crippen LogP contribution >= 0.6 is 0 Å². The molecule has 61 heavy (non-hydrogen) atoms. The fraction of sp³-hybridized carbons (Fsp3) is 0.186. The summed E-state index contributed by atoms with van der Waals surface area (Å²) in [5.74, 6) is 0. The Morgan fingerprint density at radius 3 is 1.85 bits per heavy atom. The van der Waals surface area contributed by atoms with Gasteiger partial charge in [0, 0.05) is 38.7 Å². The van der Waals surface area contributed by atoms with E-state index in [1.807, 2.05) is 0 Å². The van der Waals surface area contributed by atoms with Gasteiger partial charge in [0.25, 0.3) is 0 Å². The maximum absolute atomic E-state index is 2.55. The van der Waals surface area contributed by atoms with E-state index >= 15 is 0 Å². The molecule has 2 nitrogen and oxygen atoms in total. The molecule has 1 aromatic heterocycles. The van der Waals surface area contributed by atoms with E-state index in [0.717, 1.165) is 11.4 Å². The Bertz CT molecular complexity index is 3160. The van der Waals surface area contributed by atoms with Gasteiger partial charge >= 0.3 is 0 Å². The first-order valence-corrected chi connectivity index (χ1v) is 22.0. The molecule has 0 saturated heterocycles. The van der Waals surface area contributed by atoms with Crippen molar-refractivity contribution >= 4 is 38.9 Å². The predicted octanol–water partition coefficient (Wildman–Crippen LogP) is 16.2. The average molecular weight is 789 g/mol. The van der Waals surface area contributed by atoms with Crippen LogP contribution in [0.15, 0.2) is 182 Å². The molecule has 0 spiro atoms. The molecule has 8 aromatic carbocycles. The van der Waals surface area contributed by atoms with Crippen molar-refractivity contribution in [3.05, 3.63) is 204 Å². The minimum absolute atomic E-state index is 0.0963. The fourth-order valence-electron chi connectivity index (χ4n) is 10.8. The van der Waals surface area contributed by atoms with Crippen LogP contribution in [0.1, 0.15) is 76.6 Å². The molecule has 11 rings (SSSR count). The Balaban J connectivity index is 1.21. The van der Waals surface area contributed by atoms with Gasteiger partial charge in [0.15, 0.2) is 0 Å². The highest BCUT2D eigenvalue weighted by Gasteiger charge is 2.39. The number of hydrogen-bond acceptors (Lipinski definition) is 1. The largest absolute Gasteiger partial charge is 0.309 e. The molecule has 2 aliphatic rings. The van der Waals surface area contributed by atoms with Gasteiger partial charge in [0.1, 0.15) is 0 Å². The van der Waals surface area contributed by atoms with Crippen LogP contribution in [-0.4, -0.2) is 4.57 Å². The van der Waals surface area contributed by atoms with Crippen LogP contribution in [0.3, 0.4) is 0 Å². The van der Waals surface area contributed by atoms with Gasteiger partial charge in [-0.3, -0.25) is 0 Å². The van der Waals surface area contributed by atoms with E-state index in [2.05, 4.69) is 233 Å². The summed E-state index contributed by atoms with van der Waals surface area (Å²) in [5.41, 5.74) is 20.2. The zero-order chi connectivity index (χ0) is 41.7. The lowest BCUT2D eigenvalue weighted by molar-refractivity contribution is 0.332. The van der Waals surface area contributed by atoms with Crippen LogP contribution in [0.4, 0.5) is 17.1 Å². The van der Waals surface area contributed by atoms with Crippen molar-refractivity contribution in [3.8, 4) is 39.1 Å². The predicted molar refractivity (Wildman–Crippen MR) is 259 cm³/mol. The summed E-state index contributed by atoms with van der Waals surface area (Å²) in [7, 11) is 0. The second kappa shape index (κ2) is 13.7. The first-order valence-electron chi connectivity index (χ1n) is 22.0. The zero-order valence-corrected chi connectivity index (χ0v) is 36.1. The van der Waals surface area contributed by atoms with Crippen LogP contribution in [-0.2, 0) is 16.2 Å². The Morgan fingerprint density at radius 2 is 1.07 bits per heavy atom. The van der Waals surface area contributed by atoms with Crippen LogP contribution in [0.25, 0.3) is 60.9 Å². The maximum Gasteiger partial charge on any atom is 0.0561 e. The van der Waals surface area contributed by atoms with E-state index in [9.17, 15) is 0 Å². The monoisotopic (exact) mass is 788 g/mol. The lowest BCUT2D eigenvalue weighted by Gasteiger charge is -2.42. The summed E-state index contributed by atoms with van der Waals surface area (Å²) in [4.78, 5) is 2.55. The van der Waals surface area contributed by atoms with E-state index in [-0.39, 0.29) is 16.2 Å². The zero-order valence-electron chi connectivity index (χ0n) is 36.1. The first kappa shape index (κ1) is 37.4. The smallest absolute Gasteiger partial charge is 0.0561 e. The molecular formula is C59H52N2. The summed E-state index contributed by atoms with van der Waals surface area (Å²) in [5, 5.41) is 2.52. The Labute approximate surface area is 360 Å². The van der Waals surface area contributed by atoms with E-state index in [4.69, 9.17) is 0 Å². The molecule has 298 valence electrons. The van der Waals surface area contributed by atoms with Crippen molar-refractivity contribution < 1.29 is 0 Å². The minimum Gasteiger partial charge on any atom is -0.309 e. The second-order valence-corrected chi connectivity index (χ2v) is 19.2. The second-order valence-electron chi connectivity index (χ2n) is 19.2. The molecular weight excluding hydrogens is 737 g/mol. The molecule has 1 heterocycles. The third kappa shape index (κ3) is 5.83. The summed E-state index contributed by atoms with van der Waals surface area (Å²) in [6.07, 6.45) is 2.37. The number of rotatable bonds is 6. The molecule has 0 unspecified atom stereocenters. The van der Waals surface area contributed by atoms with Crippen LogP contribution < -0.4 is 4.90 Å². The number of hydrogen-bond donors (Lipinski definition) is 0. The highest BCUT2D eigenvalue weighted by molar-refractivity contribution is 6.11. The summed E-state index contributed by atoms with van der Waals surface area (Å²) < 4.78 is 2.52. The van der Waals surface area contributed by atoms with Gasteiger partial charge in [-0.05, 0) is 117 Å². The Hall–Kier alpha value is -6.64. The lowest BCUT2D eigenvalue weighted by Crippen LogP contribution is -2.33. The third-order valence-corrected chi connectivity index (χ3v) is 14.3. The van der Waals surface area contributed by atoms with Crippen molar-refractivity contribution in [1.29, 1.82) is 0 Å². The summed E-state index contributed by atoms with van der Waals surface area (Å²) in [6.45, 7) is 14.4. The van der Waals surface area contributed by atoms with Gasteiger partial charge in [-0.15, -0.1) is 0 Å². The van der Waals surface area contributed by atoms with Crippen molar-refractivity contribution in [2.24, 2.45) is 0 Å². The number of aromatic nitrogens is 1. The van der Waals surface area contributed by atoms with E-state index < -0.39 is 0 Å². The molecule has 0 bridgehead atoms. The van der Waals surface area contributed by atoms with E-state index in [0.29, 0.717) is 0 Å². The van der Waals surface area contributed by atoms with Crippen molar-refractivity contribution in [3.63, 3.8) is 0 Å². The number of para-hydroxylation sites is 1. The number of benzene rings is 8. The van der Waals surface area contributed by atoms with Crippen LogP contribution in [0.5, 0.6) is 0 Å². The number of fused-ring (bicyclic) bond motifs is 7. The number of nitrogens with zero attached hydrogens (tertiary/aromatic N) is 2. The van der Waals surface area contributed by atoms with Gasteiger partial charge in [0.05, 0.1) is 22.4 Å². The molecule has 0 fully saturated rings. The normalized spacial score (nSPS) is 15.6. The molecule has 2 aliphatic carbocycles. The summed E-state index contributed by atoms with van der Waals surface area (Å²) in [6, 6.07) is 68.1. The Kier molecular flexibility index (Phi) is 8.39. The molecule has 0 atom stereocenters. The van der Waals surface area contributed by atoms with Crippen molar-refractivity contribution in [1.82, 2.24) is 4.57 Å². The molecule has 9 aromatic rings. The van der Waals surface area contributed by atoms with Gasteiger partial charge in [0.2, 0.25) is 0 Å². The molecule has 0 aliphatic heterocycles. The van der Waals surface area contributed by atoms with Crippen LogP contribution in [0.2, 0.25) is 0 Å². The highest BCUT2D eigenvalue weighted by Crippen LogP contribution is 2.55. The minimum atomic E-state index is -0.141. The fourth-order valence-corrected chi connectivity index (χ4v) is 10.8. The standard InChI is InChI=1S/C59H52N2/c1-57(2)34-35-58(3,4)51-37-42(30-32-49(51)57)61-52-26-16-14-22-44(52)45-31-29-43(38-55(45)61)60(54-27-17-25-50-56(54)46-23-13-15-24-48(46)59(50,5)6)53-33-28-41(39-18-9-7-10-19-39)36-47(53)40-20-11-8-12-21-40/h7-33,36-38H,34-35H2,1-6H3. The topological polar surface area (TPSA) is 8.17 Å². The van der Waals surface area contributed by atoms with Gasteiger partial charge < -0.3 is 9.47 Å². The Morgan fingerprint density at radius 1 is 0.410 bits per heavy atom. The SMILES string of the molecule is CC1(C)CCC(C)(C)c2cc(-n3c4ccccc4c4ccc(N(c5ccc(-c6ccccc6)cc5-c5ccccc5)c5cccc6c5-c5ccccc5C6(C)C)cc43)ccc21. The van der Waals surface area contributed by atoms with Gasteiger partial charge in [-0.2, -0.15) is 0 Å². The number of anilines is 3. The van der Waals surface area contributed by atoms with E-state index in [1.54, 1.807) is 0 Å². The third-order valence-electron chi connectivity index (χ3n) is 14.3. The van der Waals surface area contributed by atoms with Crippen LogP contribution in [0, 0.1) is 0 Å². The lowest BCUT2D eigenvalue weighted by atomic mass is 9.63. The molecule has 2 heteroatoms. The van der Waals surface area contributed by atoms with Crippen molar-refractivity contribution in [2.75, 3.05) is 4.90 Å². The quantitative estimate of drug-likeness (QED) is 0.163.